The molecule has 0 aromatic heterocycles. The maximum Gasteiger partial charge on any atom is 0.340 e. The molecule has 0 N–H and O–H groups in total. The van der Waals surface area contributed by atoms with Crippen LogP contribution in [0.2, 0.25) is 0 Å². The van der Waals surface area contributed by atoms with E-state index in [-0.39, 0.29) is 8.95 Å². The molecule has 2 rings (SSSR count). The summed E-state index contributed by atoms with van der Waals surface area (Å²) >= 11 is 5.78. The van der Waals surface area contributed by atoms with Gasteiger partial charge in [0.1, 0.15) is 0 Å². The fourth-order valence-electron chi connectivity index (χ4n) is 1.77. The third-order valence-electron chi connectivity index (χ3n) is 2.82. The topological polar surface area (TPSA) is 0 Å². The van der Waals surface area contributed by atoms with Crippen LogP contribution in [-0.2, 0) is 11.8 Å². The minimum atomic E-state index is -4.34. The molecule has 0 unspecified atom stereocenters. The van der Waals surface area contributed by atoms with Gasteiger partial charge in [0.05, 0.1) is 0 Å². The van der Waals surface area contributed by atoms with Gasteiger partial charge in [0.25, 0.3) is 0 Å². The minimum absolute atomic E-state index is 0.0586. The lowest BCUT2D eigenvalue weighted by molar-refractivity contribution is -0.224. The summed E-state index contributed by atoms with van der Waals surface area (Å²) in [5.74, 6) is -8.67. The highest BCUT2D eigenvalue weighted by Crippen LogP contribution is 2.52. The van der Waals surface area contributed by atoms with E-state index in [1.807, 2.05) is 0 Å². The molecule has 0 saturated carbocycles. The molecule has 0 heterocycles. The van der Waals surface area contributed by atoms with Crippen LogP contribution in [0.15, 0.2) is 57.5 Å². The second-order valence-electron chi connectivity index (χ2n) is 4.11. The summed E-state index contributed by atoms with van der Waals surface area (Å²) in [5, 5.41) is 0. The zero-order chi connectivity index (χ0) is 15.0. The number of halogens is 6. The Balaban J connectivity index is 2.58. The predicted molar refractivity (Wildman–Crippen MR) is 76.1 cm³/mol. The van der Waals surface area contributed by atoms with Crippen molar-refractivity contribution in [3.63, 3.8) is 0 Å². The summed E-state index contributed by atoms with van der Waals surface area (Å²) in [6, 6.07) is 10.1. The van der Waals surface area contributed by atoms with Crippen molar-refractivity contribution in [2.75, 3.05) is 0 Å². The van der Waals surface area contributed by atoms with Gasteiger partial charge in [-0.15, -0.1) is 0 Å². The van der Waals surface area contributed by atoms with E-state index in [1.165, 1.54) is 36.4 Å². The zero-order valence-electron chi connectivity index (χ0n) is 9.89. The summed E-state index contributed by atoms with van der Waals surface area (Å²) in [6.07, 6.45) is 0. The van der Waals surface area contributed by atoms with Crippen molar-refractivity contribution in [2.24, 2.45) is 0 Å². The first kappa shape index (κ1) is 15.5. The third kappa shape index (κ3) is 2.51. The van der Waals surface area contributed by atoms with E-state index in [1.54, 1.807) is 0 Å². The number of benzene rings is 2. The molecule has 0 saturated heterocycles. The molecule has 0 aliphatic rings. The normalized spacial score (nSPS) is 12.5. The zero-order valence-corrected chi connectivity index (χ0v) is 13.1. The van der Waals surface area contributed by atoms with Gasteiger partial charge in [-0.25, -0.2) is 0 Å². The number of rotatable bonds is 3. The van der Waals surface area contributed by atoms with E-state index in [0.29, 0.717) is 0 Å². The van der Waals surface area contributed by atoms with Gasteiger partial charge in [0.2, 0.25) is 0 Å². The van der Waals surface area contributed by atoms with Crippen LogP contribution in [0.3, 0.4) is 0 Å². The molecule has 0 aliphatic heterocycles. The van der Waals surface area contributed by atoms with Crippen molar-refractivity contribution in [3.8, 4) is 0 Å². The molecule has 0 fully saturated rings. The summed E-state index contributed by atoms with van der Waals surface area (Å²) < 4.78 is 56.9. The maximum atomic E-state index is 14.3. The summed E-state index contributed by atoms with van der Waals surface area (Å²) in [6.45, 7) is 0. The van der Waals surface area contributed by atoms with Gasteiger partial charge in [0, 0.05) is 20.1 Å². The highest BCUT2D eigenvalue weighted by Gasteiger charge is 2.59. The maximum absolute atomic E-state index is 14.3. The second kappa shape index (κ2) is 5.48. The molecule has 0 atom stereocenters. The van der Waals surface area contributed by atoms with Gasteiger partial charge in [-0.1, -0.05) is 68.3 Å². The highest BCUT2D eigenvalue weighted by molar-refractivity contribution is 9.10. The second-order valence-corrected chi connectivity index (χ2v) is 5.82. The molecule has 6 heteroatoms. The average molecular weight is 412 g/mol. The van der Waals surface area contributed by atoms with Crippen molar-refractivity contribution < 1.29 is 17.6 Å². The van der Waals surface area contributed by atoms with Crippen molar-refractivity contribution in [1.29, 1.82) is 0 Å². The van der Waals surface area contributed by atoms with Crippen LogP contribution in [0.1, 0.15) is 11.1 Å². The monoisotopic (exact) mass is 410 g/mol. The average Bonchev–Trinajstić information content (AvgIpc) is 2.39. The molecular weight excluding hydrogens is 404 g/mol. The molecule has 0 amide bonds. The third-order valence-corrected chi connectivity index (χ3v) is 4.20. The van der Waals surface area contributed by atoms with Crippen LogP contribution in [-0.4, -0.2) is 0 Å². The van der Waals surface area contributed by atoms with Crippen LogP contribution >= 0.6 is 31.9 Å². The Morgan fingerprint density at radius 3 is 1.20 bits per heavy atom. The van der Waals surface area contributed by atoms with Crippen LogP contribution < -0.4 is 0 Å². The van der Waals surface area contributed by atoms with Crippen LogP contribution in [0.25, 0.3) is 0 Å². The molecule has 2 aromatic carbocycles. The Morgan fingerprint density at radius 2 is 0.900 bits per heavy atom. The van der Waals surface area contributed by atoms with Crippen molar-refractivity contribution in [3.05, 3.63) is 68.6 Å². The van der Waals surface area contributed by atoms with Crippen molar-refractivity contribution >= 4 is 31.9 Å². The van der Waals surface area contributed by atoms with Crippen LogP contribution in [0.4, 0.5) is 17.6 Å². The Kier molecular flexibility index (Phi) is 4.25. The lowest BCUT2D eigenvalue weighted by Crippen LogP contribution is -2.36. The van der Waals surface area contributed by atoms with Crippen LogP contribution in [0.5, 0.6) is 0 Å². The quantitative estimate of drug-likeness (QED) is 0.535. The largest absolute Gasteiger partial charge is 0.340 e. The summed E-state index contributed by atoms with van der Waals surface area (Å²) in [4.78, 5) is 0. The number of hydrogen-bond acceptors (Lipinski definition) is 0. The van der Waals surface area contributed by atoms with Crippen molar-refractivity contribution in [2.45, 2.75) is 11.8 Å². The fourth-order valence-corrected chi connectivity index (χ4v) is 2.84. The number of alkyl halides is 4. The molecule has 0 nitrogen and oxygen atoms in total. The molecule has 20 heavy (non-hydrogen) atoms. The number of hydrogen-bond donors (Lipinski definition) is 0. The van der Waals surface area contributed by atoms with Gasteiger partial charge in [-0.3, -0.25) is 0 Å². The standard InChI is InChI=1S/C14H8Br2F4/c15-11-7-3-1-5-9(11)13(17,18)14(19,20)10-6-2-4-8-12(10)16/h1-8H. The Bertz CT molecular complexity index is 571. The summed E-state index contributed by atoms with van der Waals surface area (Å²) in [7, 11) is 0. The van der Waals surface area contributed by atoms with E-state index >= 15 is 0 Å². The SMILES string of the molecule is FC(F)(c1ccccc1Br)C(F)(F)c1ccccc1Br. The molecule has 0 aliphatic carbocycles. The summed E-state index contributed by atoms with van der Waals surface area (Å²) in [5.41, 5.74) is -1.50. The molecule has 2 aromatic rings. The van der Waals surface area contributed by atoms with Gasteiger partial charge < -0.3 is 0 Å². The lowest BCUT2D eigenvalue weighted by Gasteiger charge is -2.28. The van der Waals surface area contributed by atoms with Gasteiger partial charge in [-0.2, -0.15) is 17.6 Å². The highest BCUT2D eigenvalue weighted by atomic mass is 79.9. The molecule has 0 spiro atoms. The Labute approximate surface area is 130 Å². The molecule has 106 valence electrons. The lowest BCUT2D eigenvalue weighted by atomic mass is 9.96. The van der Waals surface area contributed by atoms with Crippen molar-refractivity contribution in [1.82, 2.24) is 0 Å². The minimum Gasteiger partial charge on any atom is -0.194 e. The Morgan fingerprint density at radius 1 is 0.600 bits per heavy atom. The van der Waals surface area contributed by atoms with E-state index in [4.69, 9.17) is 0 Å². The molecular formula is C14H8Br2F4. The fraction of sp³-hybridized carbons (Fsp3) is 0.143. The van der Waals surface area contributed by atoms with Gasteiger partial charge in [-0.05, 0) is 12.1 Å². The molecule has 0 radical (unpaired) electrons. The van der Waals surface area contributed by atoms with Crippen LogP contribution in [0, 0.1) is 0 Å². The Hall–Kier alpha value is -0.880. The molecule has 0 bridgehead atoms. The van der Waals surface area contributed by atoms with E-state index < -0.39 is 23.0 Å². The first-order valence-electron chi connectivity index (χ1n) is 5.54. The van der Waals surface area contributed by atoms with E-state index in [9.17, 15) is 17.6 Å². The first-order chi connectivity index (χ1) is 9.28. The van der Waals surface area contributed by atoms with Gasteiger partial charge in [0.15, 0.2) is 0 Å². The smallest absolute Gasteiger partial charge is 0.194 e. The van der Waals surface area contributed by atoms with Gasteiger partial charge >= 0.3 is 11.8 Å². The first-order valence-corrected chi connectivity index (χ1v) is 7.12. The van der Waals surface area contributed by atoms with E-state index in [2.05, 4.69) is 31.9 Å². The predicted octanol–water partition coefficient (Wildman–Crippen LogP) is 6.10. The van der Waals surface area contributed by atoms with E-state index in [0.717, 1.165) is 12.1 Å².